The highest BCUT2D eigenvalue weighted by atomic mass is 127. The van der Waals surface area contributed by atoms with Gasteiger partial charge in [0.2, 0.25) is 0 Å². The second-order valence-electron chi connectivity index (χ2n) is 4.68. The Labute approximate surface area is 122 Å². The smallest absolute Gasteiger partial charge is 0.162 e. The standard InChI is InChI=1S/C13H20IN3O/c1-4-18-13(7-5-6-8-13)12-16-9(2)10(14)11(15-3)17-12/h4-8H2,1-3H3,(H,15,16,17). The molecule has 18 heavy (non-hydrogen) atoms. The maximum Gasteiger partial charge on any atom is 0.162 e. The SMILES string of the molecule is CCOC1(c2nc(C)c(I)c(NC)n2)CCCC1. The van der Waals surface area contributed by atoms with Crippen LogP contribution in [-0.4, -0.2) is 23.6 Å². The number of nitrogens with zero attached hydrogens (tertiary/aromatic N) is 2. The summed E-state index contributed by atoms with van der Waals surface area (Å²) in [4.78, 5) is 9.34. The molecule has 1 aliphatic carbocycles. The minimum absolute atomic E-state index is 0.255. The first kappa shape index (κ1) is 14.0. The van der Waals surface area contributed by atoms with Crippen LogP contribution in [0.1, 0.15) is 44.1 Å². The van der Waals surface area contributed by atoms with E-state index in [1.54, 1.807) is 0 Å². The Hall–Kier alpha value is -0.430. The first-order chi connectivity index (χ1) is 8.63. The molecule has 0 atom stereocenters. The van der Waals surface area contributed by atoms with E-state index in [0.29, 0.717) is 6.61 Å². The summed E-state index contributed by atoms with van der Waals surface area (Å²) in [6.07, 6.45) is 4.46. The zero-order valence-electron chi connectivity index (χ0n) is 11.2. The quantitative estimate of drug-likeness (QED) is 0.837. The number of hydrogen-bond acceptors (Lipinski definition) is 4. The molecule has 0 spiro atoms. The Morgan fingerprint density at radius 1 is 1.33 bits per heavy atom. The maximum absolute atomic E-state index is 6.02. The van der Waals surface area contributed by atoms with Crippen LogP contribution in [-0.2, 0) is 10.3 Å². The molecule has 1 fully saturated rings. The minimum Gasteiger partial charge on any atom is -0.372 e. The lowest BCUT2D eigenvalue weighted by Gasteiger charge is -2.28. The van der Waals surface area contributed by atoms with E-state index in [1.807, 2.05) is 20.9 Å². The summed E-state index contributed by atoms with van der Waals surface area (Å²) in [5.41, 5.74) is 0.769. The lowest BCUT2D eigenvalue weighted by molar-refractivity contribution is -0.0457. The van der Waals surface area contributed by atoms with Crippen LogP contribution in [0.3, 0.4) is 0 Å². The minimum atomic E-state index is -0.255. The van der Waals surface area contributed by atoms with Gasteiger partial charge in [0.1, 0.15) is 11.4 Å². The predicted molar refractivity (Wildman–Crippen MR) is 80.8 cm³/mol. The summed E-state index contributed by atoms with van der Waals surface area (Å²) in [5.74, 6) is 1.76. The highest BCUT2D eigenvalue weighted by molar-refractivity contribution is 14.1. The third-order valence-corrected chi connectivity index (χ3v) is 4.78. The number of aromatic nitrogens is 2. The van der Waals surface area contributed by atoms with Gasteiger partial charge in [-0.25, -0.2) is 9.97 Å². The summed E-state index contributed by atoms with van der Waals surface area (Å²) in [7, 11) is 1.90. The monoisotopic (exact) mass is 361 g/mol. The maximum atomic E-state index is 6.02. The van der Waals surface area contributed by atoms with E-state index in [1.165, 1.54) is 12.8 Å². The Balaban J connectivity index is 2.45. The number of halogens is 1. The van der Waals surface area contributed by atoms with Gasteiger partial charge in [0.25, 0.3) is 0 Å². The number of ether oxygens (including phenoxy) is 1. The molecule has 0 aromatic carbocycles. The molecule has 1 aromatic heterocycles. The fourth-order valence-corrected chi connectivity index (χ4v) is 3.09. The van der Waals surface area contributed by atoms with E-state index in [-0.39, 0.29) is 5.60 Å². The van der Waals surface area contributed by atoms with E-state index in [9.17, 15) is 0 Å². The molecule has 1 aromatic rings. The first-order valence-electron chi connectivity index (χ1n) is 6.49. The zero-order valence-corrected chi connectivity index (χ0v) is 13.4. The van der Waals surface area contributed by atoms with Crippen LogP contribution in [0.25, 0.3) is 0 Å². The second-order valence-corrected chi connectivity index (χ2v) is 5.76. The van der Waals surface area contributed by atoms with Crippen molar-refractivity contribution in [1.82, 2.24) is 9.97 Å². The topological polar surface area (TPSA) is 47.0 Å². The molecule has 1 saturated carbocycles. The molecular formula is C13H20IN3O. The number of nitrogens with one attached hydrogen (secondary N) is 1. The average Bonchev–Trinajstić information content (AvgIpc) is 2.82. The molecule has 0 unspecified atom stereocenters. The van der Waals surface area contributed by atoms with Crippen molar-refractivity contribution in [2.24, 2.45) is 0 Å². The summed E-state index contributed by atoms with van der Waals surface area (Å²) >= 11 is 2.28. The molecule has 0 amide bonds. The van der Waals surface area contributed by atoms with E-state index in [4.69, 9.17) is 4.74 Å². The molecule has 0 saturated heterocycles. The van der Waals surface area contributed by atoms with Crippen LogP contribution < -0.4 is 5.32 Å². The van der Waals surface area contributed by atoms with Gasteiger partial charge < -0.3 is 10.1 Å². The predicted octanol–water partition coefficient (Wildman–Crippen LogP) is 3.24. The van der Waals surface area contributed by atoms with Gasteiger partial charge >= 0.3 is 0 Å². The lowest BCUT2D eigenvalue weighted by atomic mass is 10.0. The van der Waals surface area contributed by atoms with Crippen molar-refractivity contribution in [3.05, 3.63) is 15.1 Å². The molecule has 1 heterocycles. The molecular weight excluding hydrogens is 341 g/mol. The molecule has 2 rings (SSSR count). The Kier molecular flexibility index (Phi) is 4.42. The van der Waals surface area contributed by atoms with Gasteiger partial charge in [-0.05, 0) is 62.1 Å². The van der Waals surface area contributed by atoms with E-state index < -0.39 is 0 Å². The van der Waals surface area contributed by atoms with Gasteiger partial charge in [0.05, 0.1) is 9.26 Å². The molecule has 1 aliphatic rings. The summed E-state index contributed by atoms with van der Waals surface area (Å²) in [6.45, 7) is 4.78. The lowest BCUT2D eigenvalue weighted by Crippen LogP contribution is -2.29. The van der Waals surface area contributed by atoms with Crippen molar-refractivity contribution in [1.29, 1.82) is 0 Å². The van der Waals surface area contributed by atoms with Crippen molar-refractivity contribution in [2.45, 2.75) is 45.1 Å². The van der Waals surface area contributed by atoms with Crippen LogP contribution in [0.4, 0.5) is 5.82 Å². The molecule has 5 heteroatoms. The molecule has 4 nitrogen and oxygen atoms in total. The summed E-state index contributed by atoms with van der Waals surface area (Å²) < 4.78 is 7.10. The molecule has 1 N–H and O–H groups in total. The van der Waals surface area contributed by atoms with Gasteiger partial charge in [-0.15, -0.1) is 0 Å². The number of anilines is 1. The van der Waals surface area contributed by atoms with Crippen molar-refractivity contribution in [3.63, 3.8) is 0 Å². The third-order valence-electron chi connectivity index (χ3n) is 3.49. The van der Waals surface area contributed by atoms with Gasteiger partial charge in [0.15, 0.2) is 5.82 Å². The van der Waals surface area contributed by atoms with Crippen molar-refractivity contribution in [3.8, 4) is 0 Å². The van der Waals surface area contributed by atoms with E-state index >= 15 is 0 Å². The van der Waals surface area contributed by atoms with Crippen molar-refractivity contribution < 1.29 is 4.74 Å². The molecule has 100 valence electrons. The molecule has 0 bridgehead atoms. The number of rotatable bonds is 4. The van der Waals surface area contributed by atoms with Crippen LogP contribution in [0, 0.1) is 10.5 Å². The highest BCUT2D eigenvalue weighted by Gasteiger charge is 2.39. The van der Waals surface area contributed by atoms with Crippen LogP contribution in [0.15, 0.2) is 0 Å². The third kappa shape index (κ3) is 2.47. The first-order valence-corrected chi connectivity index (χ1v) is 7.57. The Morgan fingerprint density at radius 2 is 2.00 bits per heavy atom. The van der Waals surface area contributed by atoms with Gasteiger partial charge in [-0.1, -0.05) is 0 Å². The van der Waals surface area contributed by atoms with Gasteiger partial charge in [-0.3, -0.25) is 0 Å². The summed E-state index contributed by atoms with van der Waals surface area (Å²) in [6, 6.07) is 0. The zero-order chi connectivity index (χ0) is 13.2. The Bertz CT molecular complexity index is 430. The van der Waals surface area contributed by atoms with Crippen LogP contribution in [0.2, 0.25) is 0 Å². The molecule has 0 radical (unpaired) electrons. The van der Waals surface area contributed by atoms with Crippen molar-refractivity contribution in [2.75, 3.05) is 19.0 Å². The second kappa shape index (κ2) is 5.69. The largest absolute Gasteiger partial charge is 0.372 e. The normalized spacial score (nSPS) is 18.0. The fourth-order valence-electron chi connectivity index (χ4n) is 2.58. The summed E-state index contributed by atoms with van der Waals surface area (Å²) in [5, 5.41) is 3.15. The number of aryl methyl sites for hydroxylation is 1. The highest BCUT2D eigenvalue weighted by Crippen LogP contribution is 2.41. The van der Waals surface area contributed by atoms with Crippen molar-refractivity contribution >= 4 is 28.4 Å². The van der Waals surface area contributed by atoms with Gasteiger partial charge in [0, 0.05) is 13.7 Å². The average molecular weight is 361 g/mol. The Morgan fingerprint density at radius 3 is 2.56 bits per heavy atom. The van der Waals surface area contributed by atoms with E-state index in [0.717, 1.165) is 33.7 Å². The van der Waals surface area contributed by atoms with Crippen LogP contribution >= 0.6 is 22.6 Å². The van der Waals surface area contributed by atoms with Gasteiger partial charge in [-0.2, -0.15) is 0 Å². The number of hydrogen-bond donors (Lipinski definition) is 1. The van der Waals surface area contributed by atoms with Crippen LogP contribution in [0.5, 0.6) is 0 Å². The van der Waals surface area contributed by atoms with E-state index in [2.05, 4.69) is 37.9 Å². The molecule has 0 aliphatic heterocycles. The fraction of sp³-hybridized carbons (Fsp3) is 0.692.